The highest BCUT2D eigenvalue weighted by atomic mass is 35.5. The molecule has 0 unspecified atom stereocenters. The number of halogens is 1. The van der Waals surface area contributed by atoms with Gasteiger partial charge in [0.05, 0.1) is 11.1 Å². The number of hydrogen-bond acceptors (Lipinski definition) is 4. The van der Waals surface area contributed by atoms with E-state index in [1.54, 1.807) is 6.07 Å². The summed E-state index contributed by atoms with van der Waals surface area (Å²) in [6, 6.07) is 3.11. The molecule has 0 aromatic heterocycles. The molecule has 1 aliphatic rings. The van der Waals surface area contributed by atoms with Gasteiger partial charge in [0.1, 0.15) is 13.2 Å². The highest BCUT2D eigenvalue weighted by molar-refractivity contribution is 6.32. The van der Waals surface area contributed by atoms with Crippen molar-refractivity contribution in [2.45, 2.75) is 32.9 Å². The summed E-state index contributed by atoms with van der Waals surface area (Å²) in [7, 11) is 0. The van der Waals surface area contributed by atoms with Crippen LogP contribution in [0.3, 0.4) is 0 Å². The average molecular weight is 313 g/mol. The molecular formula is C15H21ClN2O3. The molecule has 1 heterocycles. The molecule has 0 radical (unpaired) electrons. The lowest BCUT2D eigenvalue weighted by Crippen LogP contribution is -2.41. The summed E-state index contributed by atoms with van der Waals surface area (Å²) in [5.41, 5.74) is 6.70. The van der Waals surface area contributed by atoms with Gasteiger partial charge >= 0.3 is 0 Å². The Morgan fingerprint density at radius 3 is 2.81 bits per heavy atom. The molecule has 6 heteroatoms. The van der Waals surface area contributed by atoms with Crippen molar-refractivity contribution in [3.63, 3.8) is 0 Å². The van der Waals surface area contributed by atoms with Crippen molar-refractivity contribution in [3.8, 4) is 11.5 Å². The molecule has 1 aromatic carbocycles. The monoisotopic (exact) mass is 312 g/mol. The highest BCUT2D eigenvalue weighted by Crippen LogP contribution is 2.38. The van der Waals surface area contributed by atoms with E-state index in [2.05, 4.69) is 5.32 Å². The Morgan fingerprint density at radius 2 is 2.10 bits per heavy atom. The number of hydrogen-bond donors (Lipinski definition) is 2. The zero-order valence-electron chi connectivity index (χ0n) is 12.3. The van der Waals surface area contributed by atoms with E-state index in [1.807, 2.05) is 19.9 Å². The van der Waals surface area contributed by atoms with Gasteiger partial charge in [0.25, 0.3) is 0 Å². The summed E-state index contributed by atoms with van der Waals surface area (Å²) >= 11 is 6.15. The third-order valence-corrected chi connectivity index (χ3v) is 3.47. The van der Waals surface area contributed by atoms with Gasteiger partial charge in [-0.25, -0.2) is 0 Å². The Bertz CT molecular complexity index is 520. The number of benzene rings is 1. The van der Waals surface area contributed by atoms with Crippen LogP contribution in [0, 0.1) is 5.92 Å². The molecule has 0 saturated carbocycles. The largest absolute Gasteiger partial charge is 0.486 e. The van der Waals surface area contributed by atoms with Crippen molar-refractivity contribution in [2.75, 3.05) is 13.2 Å². The minimum atomic E-state index is -0.488. The fourth-order valence-electron chi connectivity index (χ4n) is 2.20. The minimum Gasteiger partial charge on any atom is -0.486 e. The van der Waals surface area contributed by atoms with Gasteiger partial charge in [-0.15, -0.1) is 0 Å². The first-order valence-electron chi connectivity index (χ1n) is 7.08. The van der Waals surface area contributed by atoms with Crippen LogP contribution >= 0.6 is 11.6 Å². The lowest BCUT2D eigenvalue weighted by molar-refractivity contribution is -0.122. The zero-order chi connectivity index (χ0) is 15.4. The molecule has 1 atom stereocenters. The number of carbonyl (C=O) groups excluding carboxylic acids is 1. The fourth-order valence-corrected chi connectivity index (χ4v) is 2.49. The lowest BCUT2D eigenvalue weighted by atomic mass is 10.0. The second-order valence-electron chi connectivity index (χ2n) is 5.56. The highest BCUT2D eigenvalue weighted by Gasteiger charge is 2.18. The maximum Gasteiger partial charge on any atom is 0.237 e. The smallest absolute Gasteiger partial charge is 0.237 e. The summed E-state index contributed by atoms with van der Waals surface area (Å²) in [5.74, 6) is 1.41. The van der Waals surface area contributed by atoms with E-state index in [1.165, 1.54) is 0 Å². The molecule has 1 amide bonds. The van der Waals surface area contributed by atoms with Crippen LogP contribution in [-0.4, -0.2) is 25.2 Å². The molecule has 2 rings (SSSR count). The van der Waals surface area contributed by atoms with E-state index in [-0.39, 0.29) is 5.91 Å². The first-order valence-corrected chi connectivity index (χ1v) is 7.46. The third-order valence-electron chi connectivity index (χ3n) is 3.19. The van der Waals surface area contributed by atoms with Gasteiger partial charge in [0, 0.05) is 6.54 Å². The maximum absolute atomic E-state index is 11.9. The van der Waals surface area contributed by atoms with Crippen molar-refractivity contribution in [3.05, 3.63) is 22.7 Å². The molecule has 3 N–H and O–H groups in total. The molecular weight excluding hydrogens is 292 g/mol. The molecule has 0 saturated heterocycles. The van der Waals surface area contributed by atoms with E-state index in [4.69, 9.17) is 26.8 Å². The Hall–Kier alpha value is -1.46. The number of amides is 1. The normalized spacial score (nSPS) is 14.9. The number of carbonyl (C=O) groups is 1. The van der Waals surface area contributed by atoms with Crippen LogP contribution < -0.4 is 20.5 Å². The number of fused-ring (bicyclic) bond motifs is 1. The van der Waals surface area contributed by atoms with Crippen LogP contribution in [-0.2, 0) is 11.3 Å². The molecule has 0 aliphatic carbocycles. The minimum absolute atomic E-state index is 0.158. The predicted molar refractivity (Wildman–Crippen MR) is 81.7 cm³/mol. The summed E-state index contributed by atoms with van der Waals surface area (Å²) < 4.78 is 11.0. The number of nitrogens with two attached hydrogens (primary N) is 1. The molecule has 0 fully saturated rings. The van der Waals surface area contributed by atoms with E-state index in [0.29, 0.717) is 48.6 Å². The molecule has 116 valence electrons. The second-order valence-corrected chi connectivity index (χ2v) is 5.96. The Morgan fingerprint density at radius 1 is 1.38 bits per heavy atom. The molecule has 1 aromatic rings. The number of rotatable bonds is 5. The van der Waals surface area contributed by atoms with Gasteiger partial charge in [-0.05, 0) is 30.0 Å². The van der Waals surface area contributed by atoms with Crippen LogP contribution in [0.15, 0.2) is 12.1 Å². The first-order chi connectivity index (χ1) is 9.97. The number of nitrogens with one attached hydrogen (secondary N) is 1. The van der Waals surface area contributed by atoms with Crippen LogP contribution in [0.5, 0.6) is 11.5 Å². The molecule has 1 aliphatic heterocycles. The zero-order valence-corrected chi connectivity index (χ0v) is 13.1. The van der Waals surface area contributed by atoms with Gasteiger partial charge < -0.3 is 20.5 Å². The van der Waals surface area contributed by atoms with Crippen LogP contribution in [0.2, 0.25) is 5.02 Å². The van der Waals surface area contributed by atoms with E-state index in [9.17, 15) is 4.79 Å². The van der Waals surface area contributed by atoms with Crippen molar-refractivity contribution in [2.24, 2.45) is 11.7 Å². The Labute approximate surface area is 129 Å². The van der Waals surface area contributed by atoms with Gasteiger partial charge in [-0.2, -0.15) is 0 Å². The van der Waals surface area contributed by atoms with Crippen LogP contribution in [0.25, 0.3) is 0 Å². The van der Waals surface area contributed by atoms with Crippen molar-refractivity contribution >= 4 is 17.5 Å². The fraction of sp³-hybridized carbons (Fsp3) is 0.533. The summed E-state index contributed by atoms with van der Waals surface area (Å²) in [6.45, 7) is 5.42. The van der Waals surface area contributed by atoms with Gasteiger partial charge in [0.2, 0.25) is 5.91 Å². The SMILES string of the molecule is CC(C)C[C@H](N)C(=O)NCc1cc(Cl)c2c(c1)OCCO2. The standard InChI is InChI=1S/C15H21ClN2O3/c1-9(2)5-12(17)15(19)18-8-10-6-11(16)14-13(7-10)20-3-4-21-14/h6-7,9,12H,3-5,8,17H2,1-2H3,(H,18,19)/t12-/m0/s1. The lowest BCUT2D eigenvalue weighted by Gasteiger charge is -2.20. The van der Waals surface area contributed by atoms with Crippen LogP contribution in [0.4, 0.5) is 0 Å². The van der Waals surface area contributed by atoms with E-state index >= 15 is 0 Å². The topological polar surface area (TPSA) is 73.6 Å². The quantitative estimate of drug-likeness (QED) is 0.873. The summed E-state index contributed by atoms with van der Waals surface area (Å²) in [5, 5.41) is 3.31. The number of ether oxygens (including phenoxy) is 2. The first kappa shape index (κ1) is 15.9. The van der Waals surface area contributed by atoms with Crippen molar-refractivity contribution in [1.82, 2.24) is 5.32 Å². The summed E-state index contributed by atoms with van der Waals surface area (Å²) in [4.78, 5) is 11.9. The van der Waals surface area contributed by atoms with Crippen molar-refractivity contribution in [1.29, 1.82) is 0 Å². The molecule has 0 spiro atoms. The van der Waals surface area contributed by atoms with Gasteiger partial charge in [-0.1, -0.05) is 25.4 Å². The van der Waals surface area contributed by atoms with Crippen molar-refractivity contribution < 1.29 is 14.3 Å². The van der Waals surface area contributed by atoms with Crippen LogP contribution in [0.1, 0.15) is 25.8 Å². The Balaban J connectivity index is 1.97. The van der Waals surface area contributed by atoms with Gasteiger partial charge in [-0.3, -0.25) is 4.79 Å². The second kappa shape index (κ2) is 7.00. The maximum atomic E-state index is 11.9. The average Bonchev–Trinajstić information content (AvgIpc) is 2.44. The Kier molecular flexibility index (Phi) is 5.31. The molecule has 21 heavy (non-hydrogen) atoms. The summed E-state index contributed by atoms with van der Waals surface area (Å²) in [6.07, 6.45) is 0.660. The van der Waals surface area contributed by atoms with E-state index in [0.717, 1.165) is 5.56 Å². The third kappa shape index (κ3) is 4.25. The predicted octanol–water partition coefficient (Wildman–Crippen LogP) is 2.10. The molecule has 5 nitrogen and oxygen atoms in total. The van der Waals surface area contributed by atoms with E-state index < -0.39 is 6.04 Å². The molecule has 0 bridgehead atoms. The van der Waals surface area contributed by atoms with Gasteiger partial charge in [0.15, 0.2) is 11.5 Å².